The highest BCUT2D eigenvalue weighted by molar-refractivity contribution is 6.30. The maximum absolute atomic E-state index is 11.9. The second kappa shape index (κ2) is 10.9. The van der Waals surface area contributed by atoms with Crippen LogP contribution in [0.15, 0.2) is 66.0 Å². The number of fused-ring (bicyclic) bond motifs is 1. The van der Waals surface area contributed by atoms with E-state index in [0.29, 0.717) is 34.3 Å². The van der Waals surface area contributed by atoms with Crippen molar-refractivity contribution >= 4 is 40.1 Å². The molecule has 4 N–H and O–H groups in total. The van der Waals surface area contributed by atoms with Gasteiger partial charge in [-0.15, -0.1) is 0 Å². The molecule has 0 amide bonds. The number of aromatic nitrogens is 4. The summed E-state index contributed by atoms with van der Waals surface area (Å²) < 4.78 is 1.53. The molecule has 0 aliphatic rings. The maximum Gasteiger partial charge on any atom is 0.250 e. The molecule has 0 saturated carbocycles. The Labute approximate surface area is 219 Å². The van der Waals surface area contributed by atoms with Crippen molar-refractivity contribution in [1.29, 1.82) is 5.41 Å². The molecule has 10 heteroatoms. The normalized spacial score (nSPS) is 12.0. The van der Waals surface area contributed by atoms with Crippen LogP contribution in [-0.4, -0.2) is 43.0 Å². The van der Waals surface area contributed by atoms with Gasteiger partial charge in [0.25, 0.3) is 0 Å². The molecule has 0 spiro atoms. The summed E-state index contributed by atoms with van der Waals surface area (Å²) in [5.41, 5.74) is 3.14. The minimum atomic E-state index is -0.573. The summed E-state index contributed by atoms with van der Waals surface area (Å²) in [5.74, 6) is 0.922. The van der Waals surface area contributed by atoms with Crippen molar-refractivity contribution in [3.05, 3.63) is 88.0 Å². The fraction of sp³-hybridized carbons (Fsp3) is 0.222. The second-order valence-corrected chi connectivity index (χ2v) is 9.73. The monoisotopic (exact) mass is 517 g/mol. The molecule has 0 fully saturated rings. The van der Waals surface area contributed by atoms with Gasteiger partial charge in [0.05, 0.1) is 28.3 Å². The van der Waals surface area contributed by atoms with E-state index in [-0.39, 0.29) is 12.2 Å². The highest BCUT2D eigenvalue weighted by atomic mass is 35.5. The van der Waals surface area contributed by atoms with Crippen LogP contribution in [0.2, 0.25) is 5.02 Å². The zero-order chi connectivity index (χ0) is 26.6. The van der Waals surface area contributed by atoms with Gasteiger partial charge in [-0.1, -0.05) is 17.7 Å². The van der Waals surface area contributed by atoms with E-state index >= 15 is 0 Å². The molecule has 4 rings (SSSR count). The van der Waals surface area contributed by atoms with Gasteiger partial charge in [-0.25, -0.2) is 9.97 Å². The van der Waals surface area contributed by atoms with Crippen molar-refractivity contribution in [2.24, 2.45) is 7.05 Å². The van der Waals surface area contributed by atoms with Crippen LogP contribution < -0.4 is 16.2 Å². The second-order valence-electron chi connectivity index (χ2n) is 9.29. The number of rotatable bonds is 9. The van der Waals surface area contributed by atoms with Gasteiger partial charge in [0.2, 0.25) is 5.56 Å². The van der Waals surface area contributed by atoms with Crippen LogP contribution in [-0.2, 0) is 13.6 Å². The number of nitrogens with one attached hydrogen (secondary N) is 3. The minimum Gasteiger partial charge on any atom is -0.394 e. The molecule has 4 aromatic rings. The van der Waals surface area contributed by atoms with Crippen LogP contribution in [0, 0.1) is 5.41 Å². The Bertz CT molecular complexity index is 1550. The molecule has 1 aromatic carbocycles. The van der Waals surface area contributed by atoms with Gasteiger partial charge in [-0.05, 0) is 54.8 Å². The number of allylic oxidation sites excluding steroid dienone is 1. The van der Waals surface area contributed by atoms with E-state index < -0.39 is 5.54 Å². The maximum atomic E-state index is 11.9. The molecule has 0 bridgehead atoms. The number of aliphatic hydroxyl groups is 1. The third kappa shape index (κ3) is 6.19. The summed E-state index contributed by atoms with van der Waals surface area (Å²) in [6.07, 6.45) is 7.89. The molecule has 0 radical (unpaired) electrons. The molecule has 0 aliphatic heterocycles. The highest BCUT2D eigenvalue weighted by Gasteiger charge is 2.16. The summed E-state index contributed by atoms with van der Waals surface area (Å²) >= 11 is 6.11. The summed E-state index contributed by atoms with van der Waals surface area (Å²) in [5, 5.41) is 25.3. The zero-order valence-corrected chi connectivity index (χ0v) is 21.5. The molecule has 9 nitrogen and oxygen atoms in total. The van der Waals surface area contributed by atoms with Crippen molar-refractivity contribution in [3.63, 3.8) is 0 Å². The Morgan fingerprint density at radius 3 is 2.65 bits per heavy atom. The number of aryl methyl sites for hydroxylation is 1. The van der Waals surface area contributed by atoms with Crippen LogP contribution in [0.5, 0.6) is 0 Å². The summed E-state index contributed by atoms with van der Waals surface area (Å²) in [4.78, 5) is 25.5. The van der Waals surface area contributed by atoms with Gasteiger partial charge in [-0.3, -0.25) is 9.78 Å². The van der Waals surface area contributed by atoms with Crippen LogP contribution in [0.3, 0.4) is 0 Å². The predicted molar refractivity (Wildman–Crippen MR) is 148 cm³/mol. The molecule has 3 aromatic heterocycles. The van der Waals surface area contributed by atoms with E-state index in [0.717, 1.165) is 22.1 Å². The Hall–Kier alpha value is -4.08. The van der Waals surface area contributed by atoms with Gasteiger partial charge in [0, 0.05) is 56.1 Å². The van der Waals surface area contributed by atoms with Gasteiger partial charge in [0.1, 0.15) is 5.82 Å². The van der Waals surface area contributed by atoms with Crippen molar-refractivity contribution in [1.82, 2.24) is 24.8 Å². The van der Waals surface area contributed by atoms with Gasteiger partial charge < -0.3 is 25.7 Å². The molecule has 0 aliphatic carbocycles. The van der Waals surface area contributed by atoms with Crippen molar-refractivity contribution < 1.29 is 5.11 Å². The summed E-state index contributed by atoms with van der Waals surface area (Å²) in [6.45, 7) is 4.03. The third-order valence-electron chi connectivity index (χ3n) is 5.76. The average Bonchev–Trinajstić information content (AvgIpc) is 2.89. The van der Waals surface area contributed by atoms with Crippen LogP contribution in [0.1, 0.15) is 25.2 Å². The summed E-state index contributed by atoms with van der Waals surface area (Å²) in [7, 11) is 1.71. The number of hydrogen-bond donors (Lipinski definition) is 4. The lowest BCUT2D eigenvalue weighted by molar-refractivity contribution is 0.202. The standard InChI is InChI=1S/C27H28ClN7O2/c1-27(2,16-36)32-13-20(10-29)25-33-23-6-4-18(19-5-7-24(37)35(3)15-19)9-22(23)26(34-25)31-12-17-8-21(28)14-30-11-17/h4-11,13-15,29,32,36H,12,16H2,1-3H3,(H,31,33,34)/b20-13+,29-10?. The van der Waals surface area contributed by atoms with Crippen LogP contribution >= 0.6 is 11.6 Å². The van der Waals surface area contributed by atoms with Gasteiger partial charge in [0.15, 0.2) is 5.82 Å². The number of pyridine rings is 2. The van der Waals surface area contributed by atoms with E-state index in [1.54, 1.807) is 37.9 Å². The van der Waals surface area contributed by atoms with E-state index in [2.05, 4.69) is 15.6 Å². The Kier molecular flexibility index (Phi) is 7.66. The van der Waals surface area contributed by atoms with Crippen LogP contribution in [0.25, 0.3) is 27.6 Å². The number of halogens is 1. The molecular weight excluding hydrogens is 490 g/mol. The molecule has 0 atom stereocenters. The van der Waals surface area contributed by atoms with Crippen molar-refractivity contribution in [2.45, 2.75) is 25.9 Å². The Morgan fingerprint density at radius 2 is 1.95 bits per heavy atom. The third-order valence-corrected chi connectivity index (χ3v) is 5.97. The first-order chi connectivity index (χ1) is 17.7. The van der Waals surface area contributed by atoms with Gasteiger partial charge >= 0.3 is 0 Å². The highest BCUT2D eigenvalue weighted by Crippen LogP contribution is 2.29. The molecule has 37 heavy (non-hydrogen) atoms. The first kappa shape index (κ1) is 26.0. The topological polar surface area (TPSA) is 129 Å². The minimum absolute atomic E-state index is 0.0817. The zero-order valence-electron chi connectivity index (χ0n) is 20.8. The fourth-order valence-electron chi connectivity index (χ4n) is 3.56. The average molecular weight is 518 g/mol. The molecule has 0 unspecified atom stereocenters. The van der Waals surface area contributed by atoms with Crippen molar-refractivity contribution in [3.8, 4) is 11.1 Å². The van der Waals surface area contributed by atoms with E-state index in [9.17, 15) is 9.90 Å². The number of hydrogen-bond acceptors (Lipinski definition) is 8. The number of aliphatic hydroxyl groups excluding tert-OH is 1. The SMILES string of the molecule is Cn1cc(-c2ccc3nc(/C(C=N)=C/NC(C)(C)CO)nc(NCc4cncc(Cl)c4)c3c2)ccc1=O. The molecule has 190 valence electrons. The molecular formula is C27H28ClN7O2. The smallest absolute Gasteiger partial charge is 0.250 e. The lowest BCUT2D eigenvalue weighted by Crippen LogP contribution is -2.39. The molecule has 0 saturated heterocycles. The number of nitrogens with zero attached hydrogens (tertiary/aromatic N) is 4. The predicted octanol–water partition coefficient (Wildman–Crippen LogP) is 4.01. The lowest BCUT2D eigenvalue weighted by Gasteiger charge is -2.22. The van der Waals surface area contributed by atoms with E-state index in [1.165, 1.54) is 16.8 Å². The Morgan fingerprint density at radius 1 is 1.16 bits per heavy atom. The Balaban J connectivity index is 1.81. The van der Waals surface area contributed by atoms with Crippen LogP contribution in [0.4, 0.5) is 5.82 Å². The van der Waals surface area contributed by atoms with Gasteiger partial charge in [-0.2, -0.15) is 0 Å². The first-order valence-corrected chi connectivity index (χ1v) is 12.0. The lowest BCUT2D eigenvalue weighted by atomic mass is 10.0. The molecule has 3 heterocycles. The first-order valence-electron chi connectivity index (χ1n) is 11.6. The van der Waals surface area contributed by atoms with Crippen molar-refractivity contribution in [2.75, 3.05) is 11.9 Å². The number of benzene rings is 1. The number of anilines is 1. The quantitative estimate of drug-likeness (QED) is 0.247. The fourth-order valence-corrected chi connectivity index (χ4v) is 3.76. The largest absolute Gasteiger partial charge is 0.394 e. The van der Waals surface area contributed by atoms with E-state index in [1.807, 2.05) is 38.1 Å². The van der Waals surface area contributed by atoms with E-state index in [4.69, 9.17) is 27.0 Å². The summed E-state index contributed by atoms with van der Waals surface area (Å²) in [6, 6.07) is 10.9.